The normalized spacial score (nSPS) is 10.7. The maximum Gasteiger partial charge on any atom is 0.188 e. The molecule has 0 saturated heterocycles. The van der Waals surface area contributed by atoms with Gasteiger partial charge in [-0.25, -0.2) is 9.97 Å². The molecule has 2 aromatic heterocycles. The van der Waals surface area contributed by atoms with E-state index in [2.05, 4.69) is 54.0 Å². The highest BCUT2D eigenvalue weighted by molar-refractivity contribution is 9.10. The highest BCUT2D eigenvalue weighted by Gasteiger charge is 2.07. The molecule has 9 nitrogen and oxygen atoms in total. The third kappa shape index (κ3) is 11.3. The summed E-state index contributed by atoms with van der Waals surface area (Å²) < 4.78 is 35.3. The number of fused-ring (bicyclic) bond motifs is 2. The zero-order valence-electron chi connectivity index (χ0n) is 27.4. The van der Waals surface area contributed by atoms with Crippen molar-refractivity contribution >= 4 is 93.4 Å². The van der Waals surface area contributed by atoms with Gasteiger partial charge in [0.05, 0.1) is 39.7 Å². The number of aldehydes is 1. The molecule has 0 amide bonds. The molecule has 6 rings (SSSR count). The summed E-state index contributed by atoms with van der Waals surface area (Å²) in [7, 11) is 6.25. The molecular weight excluding hydrogens is 796 g/mol. The van der Waals surface area contributed by atoms with Gasteiger partial charge in [-0.1, -0.05) is 44.0 Å². The minimum Gasteiger partial charge on any atom is -0.493 e. The Labute approximate surface area is 309 Å². The summed E-state index contributed by atoms with van der Waals surface area (Å²) in [6, 6.07) is 22.9. The molecule has 0 N–H and O–H groups in total. The smallest absolute Gasteiger partial charge is 0.188 e. The first-order chi connectivity index (χ1) is 23.8. The molecule has 0 atom stereocenters. The van der Waals surface area contributed by atoms with Crippen LogP contribution in [0.3, 0.4) is 0 Å². The summed E-state index contributed by atoms with van der Waals surface area (Å²) in [6.45, 7) is 2.36. The van der Waals surface area contributed by atoms with E-state index in [9.17, 15) is 4.79 Å². The zero-order valence-corrected chi connectivity index (χ0v) is 32.2. The van der Waals surface area contributed by atoms with Crippen LogP contribution in [0, 0.1) is 6.92 Å². The number of hydrogen-bond donors (Lipinski definition) is 0. The standard InChI is InChI=1S/C18H16BrNO3S.C10H12O4.C8H6BrNS/c1-21-11-23-15-7-3-12(9-16(15)22-2)4-8-18-20-14-6-5-13(19)10-17(14)24-18;1-12-7-14-9-4-3-8(6-11)5-10(9)13-2;1-5-10-7-3-2-6(9)4-8(7)11-5/h3-10H,11H2,1-2H3;3-6H,7H2,1-2H3;2-4H,1H3/b8-4+;;. The second-order valence-corrected chi connectivity index (χ2v) is 14.0. The lowest BCUT2D eigenvalue weighted by Crippen LogP contribution is -2.01. The van der Waals surface area contributed by atoms with Crippen LogP contribution in [0.25, 0.3) is 32.6 Å². The fourth-order valence-corrected chi connectivity index (χ4v) is 7.00. The van der Waals surface area contributed by atoms with Crippen LogP contribution in [0.2, 0.25) is 0 Å². The highest BCUT2D eigenvalue weighted by Crippen LogP contribution is 2.31. The van der Waals surface area contributed by atoms with Crippen LogP contribution in [0.1, 0.15) is 25.9 Å². The van der Waals surface area contributed by atoms with E-state index in [1.807, 2.05) is 61.5 Å². The Morgan fingerprint density at radius 2 is 1.16 bits per heavy atom. The van der Waals surface area contributed by atoms with E-state index < -0.39 is 0 Å². The van der Waals surface area contributed by atoms with Gasteiger partial charge in [0.1, 0.15) is 11.3 Å². The fraction of sp³-hybridized carbons (Fsp3) is 0.194. The van der Waals surface area contributed by atoms with Crippen LogP contribution < -0.4 is 18.9 Å². The van der Waals surface area contributed by atoms with Crippen LogP contribution in [0.5, 0.6) is 23.0 Å². The Bertz CT molecular complexity index is 2010. The molecule has 0 unspecified atom stereocenters. The summed E-state index contributed by atoms with van der Waals surface area (Å²) in [5.41, 5.74) is 3.66. The van der Waals surface area contributed by atoms with Gasteiger partial charge in [0.15, 0.2) is 36.6 Å². The number of carbonyl (C=O) groups is 1. The number of aryl methyl sites for hydroxylation is 1. The third-order valence-electron chi connectivity index (χ3n) is 6.42. The molecule has 0 aliphatic carbocycles. The number of ether oxygens (including phenoxy) is 6. The minimum atomic E-state index is 0.150. The molecule has 6 aromatic rings. The molecule has 0 saturated carbocycles. The lowest BCUT2D eigenvalue weighted by Gasteiger charge is -2.10. The number of aromatic nitrogens is 2. The Balaban J connectivity index is 0.000000183. The van der Waals surface area contributed by atoms with Gasteiger partial charge in [-0.3, -0.25) is 4.79 Å². The van der Waals surface area contributed by atoms with Gasteiger partial charge in [-0.2, -0.15) is 0 Å². The Morgan fingerprint density at radius 3 is 1.71 bits per heavy atom. The Morgan fingerprint density at radius 1 is 0.633 bits per heavy atom. The SMILES string of the molecule is COCOc1ccc(/C=C/c2nc3ccc(Br)cc3s2)cc1OC.COCOc1ccc(C=O)cc1OC.Cc1nc2ccc(Br)cc2s1. The van der Waals surface area contributed by atoms with Crippen molar-refractivity contribution in [2.75, 3.05) is 42.0 Å². The van der Waals surface area contributed by atoms with Gasteiger partial charge in [0.2, 0.25) is 0 Å². The van der Waals surface area contributed by atoms with Gasteiger partial charge in [-0.15, -0.1) is 22.7 Å². The molecule has 4 aromatic carbocycles. The number of carbonyl (C=O) groups excluding carboxylic acids is 1. The van der Waals surface area contributed by atoms with Crippen molar-refractivity contribution in [1.29, 1.82) is 0 Å². The molecule has 0 aliphatic rings. The minimum absolute atomic E-state index is 0.150. The molecule has 13 heteroatoms. The summed E-state index contributed by atoms with van der Waals surface area (Å²) in [5, 5.41) is 2.08. The second-order valence-electron chi connectivity index (χ2n) is 9.88. The number of methoxy groups -OCH3 is 4. The van der Waals surface area contributed by atoms with E-state index in [4.69, 9.17) is 28.4 Å². The molecule has 0 radical (unpaired) electrons. The average Bonchev–Trinajstić information content (AvgIpc) is 3.70. The molecular formula is C36H34Br2N2O7S2. The van der Waals surface area contributed by atoms with E-state index >= 15 is 0 Å². The van der Waals surface area contributed by atoms with Crippen LogP contribution in [-0.2, 0) is 9.47 Å². The van der Waals surface area contributed by atoms with Gasteiger partial charge >= 0.3 is 0 Å². The third-order valence-corrected chi connectivity index (χ3v) is 9.32. The number of rotatable bonds is 11. The van der Waals surface area contributed by atoms with Gasteiger partial charge < -0.3 is 28.4 Å². The number of thiazole rings is 2. The lowest BCUT2D eigenvalue weighted by molar-refractivity contribution is 0.0490. The first kappa shape index (κ1) is 38.0. The first-order valence-corrected chi connectivity index (χ1v) is 17.8. The second kappa shape index (κ2) is 19.4. The van der Waals surface area contributed by atoms with Crippen LogP contribution in [-0.4, -0.2) is 58.3 Å². The Kier molecular flexibility index (Phi) is 15.0. The van der Waals surface area contributed by atoms with Crippen molar-refractivity contribution in [3.63, 3.8) is 0 Å². The number of halogens is 2. The molecule has 49 heavy (non-hydrogen) atoms. The van der Waals surface area contributed by atoms with Gasteiger partial charge in [-0.05, 0) is 85.3 Å². The van der Waals surface area contributed by atoms with E-state index in [0.717, 1.165) is 46.5 Å². The van der Waals surface area contributed by atoms with Crippen molar-refractivity contribution in [2.45, 2.75) is 6.92 Å². The molecule has 0 spiro atoms. The fourth-order valence-electron chi connectivity index (χ4n) is 4.20. The Hall–Kier alpha value is -3.85. The van der Waals surface area contributed by atoms with Crippen LogP contribution in [0.4, 0.5) is 0 Å². The number of nitrogens with zero attached hydrogens (tertiary/aromatic N) is 2. The van der Waals surface area contributed by atoms with Crippen molar-refractivity contribution in [2.24, 2.45) is 0 Å². The van der Waals surface area contributed by atoms with Crippen molar-refractivity contribution < 1.29 is 33.2 Å². The average molecular weight is 831 g/mol. The predicted molar refractivity (Wildman–Crippen MR) is 205 cm³/mol. The monoisotopic (exact) mass is 828 g/mol. The molecule has 2 heterocycles. The zero-order chi connectivity index (χ0) is 35.2. The summed E-state index contributed by atoms with van der Waals surface area (Å²) in [5.74, 6) is 2.40. The van der Waals surface area contributed by atoms with Crippen molar-refractivity contribution in [1.82, 2.24) is 9.97 Å². The van der Waals surface area contributed by atoms with E-state index in [1.54, 1.807) is 55.1 Å². The first-order valence-electron chi connectivity index (χ1n) is 14.6. The maximum atomic E-state index is 10.5. The van der Waals surface area contributed by atoms with Crippen LogP contribution in [0.15, 0.2) is 81.7 Å². The van der Waals surface area contributed by atoms with E-state index in [1.165, 1.54) is 18.9 Å². The molecule has 0 aliphatic heterocycles. The number of benzene rings is 4. The lowest BCUT2D eigenvalue weighted by atomic mass is 10.2. The summed E-state index contributed by atoms with van der Waals surface area (Å²) in [4.78, 5) is 19.4. The van der Waals surface area contributed by atoms with E-state index in [-0.39, 0.29) is 13.6 Å². The largest absolute Gasteiger partial charge is 0.493 e. The molecule has 0 fully saturated rings. The topological polar surface area (TPSA) is 98.2 Å². The predicted octanol–water partition coefficient (Wildman–Crippen LogP) is 10.1. The van der Waals surface area contributed by atoms with Gasteiger partial charge in [0, 0.05) is 28.7 Å². The van der Waals surface area contributed by atoms with Crippen molar-refractivity contribution in [3.8, 4) is 23.0 Å². The van der Waals surface area contributed by atoms with Crippen molar-refractivity contribution in [3.05, 3.63) is 103 Å². The summed E-state index contributed by atoms with van der Waals surface area (Å²) in [6.07, 6.45) is 4.76. The number of hydrogen-bond acceptors (Lipinski definition) is 11. The quantitative estimate of drug-likeness (QED) is 0.0934. The van der Waals surface area contributed by atoms with Gasteiger partial charge in [0.25, 0.3) is 0 Å². The highest BCUT2D eigenvalue weighted by atomic mass is 79.9. The maximum absolute atomic E-state index is 10.5. The van der Waals surface area contributed by atoms with Crippen LogP contribution >= 0.6 is 54.5 Å². The van der Waals surface area contributed by atoms with E-state index in [0.29, 0.717) is 28.6 Å². The molecule has 256 valence electrons. The molecule has 0 bridgehead atoms. The summed E-state index contributed by atoms with van der Waals surface area (Å²) >= 11 is 10.3.